The maximum atomic E-state index is 5.62. The zero-order valence-corrected chi connectivity index (χ0v) is 12.0. The zero-order chi connectivity index (χ0) is 13.8. The minimum Gasteiger partial charge on any atom is -0.468 e. The Bertz CT molecular complexity index is 514. The van der Waals surface area contributed by atoms with Crippen molar-refractivity contribution >= 4 is 0 Å². The number of rotatable bonds is 6. The molecule has 0 radical (unpaired) electrons. The van der Waals surface area contributed by atoms with Crippen molar-refractivity contribution in [3.8, 4) is 0 Å². The standard InChI is InChI=1S/C15H22N4O/c1-18-13(6-7-17-18)11-16-12-14(15-5-4-10-20-15)19-8-2-3-9-19/h4-7,10,14,16H,2-3,8-9,11-12H2,1H3. The van der Waals surface area contributed by atoms with Gasteiger partial charge in [-0.2, -0.15) is 5.10 Å². The number of hydrogen-bond acceptors (Lipinski definition) is 4. The van der Waals surface area contributed by atoms with Crippen molar-refractivity contribution in [2.24, 2.45) is 7.05 Å². The highest BCUT2D eigenvalue weighted by molar-refractivity contribution is 5.07. The normalized spacial score (nSPS) is 17.6. The van der Waals surface area contributed by atoms with Crippen LogP contribution in [0.4, 0.5) is 0 Å². The van der Waals surface area contributed by atoms with Crippen molar-refractivity contribution < 1.29 is 4.42 Å². The molecule has 1 atom stereocenters. The van der Waals surface area contributed by atoms with E-state index in [1.54, 1.807) is 6.26 Å². The van der Waals surface area contributed by atoms with E-state index in [9.17, 15) is 0 Å². The molecule has 3 heterocycles. The maximum absolute atomic E-state index is 5.62. The third-order valence-corrected chi connectivity index (χ3v) is 4.02. The highest BCUT2D eigenvalue weighted by Crippen LogP contribution is 2.24. The summed E-state index contributed by atoms with van der Waals surface area (Å²) in [7, 11) is 1.97. The van der Waals surface area contributed by atoms with E-state index < -0.39 is 0 Å². The van der Waals surface area contributed by atoms with E-state index in [1.807, 2.05) is 30.1 Å². The average Bonchev–Trinajstić information content (AvgIpc) is 3.18. The molecule has 20 heavy (non-hydrogen) atoms. The Balaban J connectivity index is 1.60. The zero-order valence-electron chi connectivity index (χ0n) is 12.0. The van der Waals surface area contributed by atoms with Gasteiger partial charge in [-0.15, -0.1) is 0 Å². The van der Waals surface area contributed by atoms with E-state index in [2.05, 4.69) is 21.4 Å². The molecule has 0 aliphatic carbocycles. The van der Waals surface area contributed by atoms with Crippen LogP contribution < -0.4 is 5.32 Å². The molecule has 0 aromatic carbocycles. The Morgan fingerprint density at radius 3 is 2.85 bits per heavy atom. The Labute approximate surface area is 119 Å². The van der Waals surface area contributed by atoms with Gasteiger partial charge >= 0.3 is 0 Å². The molecule has 5 heteroatoms. The molecule has 1 fully saturated rings. The largest absolute Gasteiger partial charge is 0.468 e. The van der Waals surface area contributed by atoms with Crippen LogP contribution in [0.15, 0.2) is 35.1 Å². The number of nitrogens with zero attached hydrogens (tertiary/aromatic N) is 3. The number of likely N-dealkylation sites (tertiary alicyclic amines) is 1. The van der Waals surface area contributed by atoms with Crippen LogP contribution in [0, 0.1) is 0 Å². The number of aromatic nitrogens is 2. The molecule has 5 nitrogen and oxygen atoms in total. The lowest BCUT2D eigenvalue weighted by atomic mass is 10.2. The SMILES string of the molecule is Cn1nccc1CNCC(c1ccco1)N1CCCC1. The number of hydrogen-bond donors (Lipinski definition) is 1. The summed E-state index contributed by atoms with van der Waals surface area (Å²) in [6.45, 7) is 4.07. The van der Waals surface area contributed by atoms with E-state index in [1.165, 1.54) is 31.6 Å². The highest BCUT2D eigenvalue weighted by atomic mass is 16.3. The van der Waals surface area contributed by atoms with E-state index in [0.29, 0.717) is 6.04 Å². The quantitative estimate of drug-likeness (QED) is 0.874. The lowest BCUT2D eigenvalue weighted by Crippen LogP contribution is -2.34. The van der Waals surface area contributed by atoms with Crippen LogP contribution in [-0.2, 0) is 13.6 Å². The summed E-state index contributed by atoms with van der Waals surface area (Å²) in [5.74, 6) is 1.06. The fourth-order valence-corrected chi connectivity index (χ4v) is 2.86. The minimum atomic E-state index is 0.334. The van der Waals surface area contributed by atoms with Crippen molar-refractivity contribution in [3.05, 3.63) is 42.1 Å². The van der Waals surface area contributed by atoms with Crippen LogP contribution >= 0.6 is 0 Å². The fourth-order valence-electron chi connectivity index (χ4n) is 2.86. The molecule has 1 saturated heterocycles. The molecule has 1 N–H and O–H groups in total. The topological polar surface area (TPSA) is 46.2 Å². The first kappa shape index (κ1) is 13.4. The van der Waals surface area contributed by atoms with Gasteiger partial charge in [-0.1, -0.05) is 0 Å². The van der Waals surface area contributed by atoms with Crippen LogP contribution in [0.5, 0.6) is 0 Å². The van der Waals surface area contributed by atoms with Crippen molar-refractivity contribution in [1.82, 2.24) is 20.0 Å². The maximum Gasteiger partial charge on any atom is 0.122 e. The van der Waals surface area contributed by atoms with Gasteiger partial charge in [0.2, 0.25) is 0 Å². The number of nitrogens with one attached hydrogen (secondary N) is 1. The van der Waals surface area contributed by atoms with Crippen LogP contribution in [0.1, 0.15) is 30.3 Å². The molecule has 1 aliphatic rings. The summed E-state index contributed by atoms with van der Waals surface area (Å²) in [6, 6.07) is 6.43. The fraction of sp³-hybridized carbons (Fsp3) is 0.533. The van der Waals surface area contributed by atoms with Gasteiger partial charge in [0, 0.05) is 26.3 Å². The first-order valence-corrected chi connectivity index (χ1v) is 7.29. The summed E-state index contributed by atoms with van der Waals surface area (Å²) in [5, 5.41) is 7.72. The molecule has 0 saturated carbocycles. The van der Waals surface area contributed by atoms with E-state index >= 15 is 0 Å². The Hall–Kier alpha value is -1.59. The van der Waals surface area contributed by atoms with Crippen LogP contribution in [0.25, 0.3) is 0 Å². The molecular weight excluding hydrogens is 252 g/mol. The Morgan fingerprint density at radius 2 is 2.20 bits per heavy atom. The summed E-state index contributed by atoms with van der Waals surface area (Å²) in [4.78, 5) is 2.51. The van der Waals surface area contributed by atoms with Gasteiger partial charge in [0.25, 0.3) is 0 Å². The first-order chi connectivity index (χ1) is 9.84. The van der Waals surface area contributed by atoms with Gasteiger partial charge in [-0.05, 0) is 44.1 Å². The summed E-state index contributed by atoms with van der Waals surface area (Å²) >= 11 is 0. The van der Waals surface area contributed by atoms with Crippen LogP contribution in [0.2, 0.25) is 0 Å². The third-order valence-electron chi connectivity index (χ3n) is 4.02. The Kier molecular flexibility index (Phi) is 4.18. The number of furan rings is 1. The molecule has 108 valence electrons. The van der Waals surface area contributed by atoms with Crippen LogP contribution in [0.3, 0.4) is 0 Å². The predicted octanol–water partition coefficient (Wildman–Crippen LogP) is 1.94. The lowest BCUT2D eigenvalue weighted by Gasteiger charge is -2.26. The lowest BCUT2D eigenvalue weighted by molar-refractivity contribution is 0.209. The first-order valence-electron chi connectivity index (χ1n) is 7.29. The molecule has 2 aromatic rings. The molecular formula is C15H22N4O. The van der Waals surface area contributed by atoms with Gasteiger partial charge in [0.1, 0.15) is 5.76 Å². The second-order valence-corrected chi connectivity index (χ2v) is 5.35. The van der Waals surface area contributed by atoms with Gasteiger partial charge < -0.3 is 9.73 Å². The van der Waals surface area contributed by atoms with E-state index in [-0.39, 0.29) is 0 Å². The molecule has 1 aliphatic heterocycles. The van der Waals surface area contributed by atoms with Gasteiger partial charge in [-0.3, -0.25) is 9.58 Å². The summed E-state index contributed by atoms with van der Waals surface area (Å²) in [5.41, 5.74) is 1.20. The average molecular weight is 274 g/mol. The van der Waals surface area contributed by atoms with Gasteiger partial charge in [0.05, 0.1) is 18.0 Å². The molecule has 0 amide bonds. The van der Waals surface area contributed by atoms with Crippen molar-refractivity contribution in [3.63, 3.8) is 0 Å². The van der Waals surface area contributed by atoms with Gasteiger partial charge in [-0.25, -0.2) is 0 Å². The third kappa shape index (κ3) is 2.94. The number of aryl methyl sites for hydroxylation is 1. The summed E-state index contributed by atoms with van der Waals surface area (Å²) < 4.78 is 7.53. The second-order valence-electron chi connectivity index (χ2n) is 5.35. The van der Waals surface area contributed by atoms with Gasteiger partial charge in [0.15, 0.2) is 0 Å². The minimum absolute atomic E-state index is 0.334. The van der Waals surface area contributed by atoms with E-state index in [4.69, 9.17) is 4.42 Å². The molecule has 2 aromatic heterocycles. The molecule has 0 spiro atoms. The molecule has 1 unspecified atom stereocenters. The van der Waals surface area contributed by atoms with Crippen molar-refractivity contribution in [2.45, 2.75) is 25.4 Å². The smallest absolute Gasteiger partial charge is 0.122 e. The monoisotopic (exact) mass is 274 g/mol. The van der Waals surface area contributed by atoms with E-state index in [0.717, 1.165) is 18.8 Å². The predicted molar refractivity (Wildman–Crippen MR) is 77.2 cm³/mol. The van der Waals surface area contributed by atoms with Crippen molar-refractivity contribution in [1.29, 1.82) is 0 Å². The van der Waals surface area contributed by atoms with Crippen molar-refractivity contribution in [2.75, 3.05) is 19.6 Å². The molecule has 3 rings (SSSR count). The Morgan fingerprint density at radius 1 is 1.35 bits per heavy atom. The van der Waals surface area contributed by atoms with Crippen LogP contribution in [-0.4, -0.2) is 34.3 Å². The highest BCUT2D eigenvalue weighted by Gasteiger charge is 2.25. The second kappa shape index (κ2) is 6.24. The summed E-state index contributed by atoms with van der Waals surface area (Å²) in [6.07, 6.45) is 6.18. The molecule has 0 bridgehead atoms.